The zero-order valence-electron chi connectivity index (χ0n) is 22.4. The number of aromatic nitrogens is 2. The second-order valence-electron chi connectivity index (χ2n) is 11.9. The molecule has 3 heterocycles. The Bertz CT molecular complexity index is 1650. The van der Waals surface area contributed by atoms with Crippen LogP contribution in [0.25, 0.3) is 21.0 Å². The van der Waals surface area contributed by atoms with E-state index in [0.29, 0.717) is 48.3 Å². The second kappa shape index (κ2) is 9.88. The van der Waals surface area contributed by atoms with Gasteiger partial charge in [-0.1, -0.05) is 12.1 Å². The first-order valence-electron chi connectivity index (χ1n) is 14.1. The molecule has 1 saturated heterocycles. The van der Waals surface area contributed by atoms with Crippen LogP contribution in [0.15, 0.2) is 42.7 Å². The van der Waals surface area contributed by atoms with Crippen LogP contribution in [-0.2, 0) is 14.6 Å². The molecule has 4 aliphatic rings. The number of nitrogens with one attached hydrogen (secondary N) is 1. The molecule has 0 bridgehead atoms. The average molecular weight is 592 g/mol. The molecule has 8 nitrogen and oxygen atoms in total. The second-order valence-corrected chi connectivity index (χ2v) is 15.2. The normalized spacial score (nSPS) is 27.4. The van der Waals surface area contributed by atoms with Crippen molar-refractivity contribution in [2.75, 3.05) is 29.5 Å². The number of fused-ring (bicyclic) bond motifs is 1. The lowest BCUT2D eigenvalue weighted by molar-refractivity contribution is -0.127. The van der Waals surface area contributed by atoms with Gasteiger partial charge in [0, 0.05) is 42.4 Å². The van der Waals surface area contributed by atoms with Crippen LogP contribution in [0.2, 0.25) is 0 Å². The quantitative estimate of drug-likeness (QED) is 0.447. The van der Waals surface area contributed by atoms with Gasteiger partial charge in [0.05, 0.1) is 34.3 Å². The van der Waals surface area contributed by atoms with Gasteiger partial charge in [-0.25, -0.2) is 17.8 Å². The molecule has 1 N–H and O–H groups in total. The number of pyridine rings is 1. The Morgan fingerprint density at radius 2 is 1.80 bits per heavy atom. The van der Waals surface area contributed by atoms with E-state index in [-0.39, 0.29) is 29.2 Å². The summed E-state index contributed by atoms with van der Waals surface area (Å²) in [6, 6.07) is 11.8. The molecule has 3 saturated carbocycles. The minimum absolute atomic E-state index is 0.0669. The number of carbonyl (C=O) groups excluding carboxylic acids is 1. The predicted octanol–water partition coefficient (Wildman–Crippen LogP) is 4.55. The summed E-state index contributed by atoms with van der Waals surface area (Å²) in [4.78, 5) is 25.7. The van der Waals surface area contributed by atoms with Gasteiger partial charge < -0.3 is 10.2 Å². The SMILES string of the molecule is N#CC1(NC(=O)[C@@H]2CC3CC3C[C@H]2c2nc(-c3cncc(F)c3)sc2-c2ccc(N3CCS(=O)(=O)CC3)cc2)CC1. The zero-order chi connectivity index (χ0) is 28.4. The lowest BCUT2D eigenvalue weighted by atomic mass is 9.76. The number of hydrogen-bond acceptors (Lipinski definition) is 8. The first-order chi connectivity index (χ1) is 19.7. The highest BCUT2D eigenvalue weighted by Crippen LogP contribution is 2.58. The molecule has 2 unspecified atom stereocenters. The molecule has 3 aromatic rings. The average Bonchev–Trinajstić information content (AvgIpc) is 3.88. The fourth-order valence-corrected chi connectivity index (χ4v) is 8.74. The maximum Gasteiger partial charge on any atom is 0.225 e. The minimum Gasteiger partial charge on any atom is -0.369 e. The summed E-state index contributed by atoms with van der Waals surface area (Å²) in [6.07, 6.45) is 6.91. The molecule has 0 spiro atoms. The maximum atomic E-state index is 14.1. The Labute approximate surface area is 242 Å². The van der Waals surface area contributed by atoms with Crippen molar-refractivity contribution < 1.29 is 17.6 Å². The van der Waals surface area contributed by atoms with Crippen molar-refractivity contribution >= 4 is 32.8 Å². The van der Waals surface area contributed by atoms with Gasteiger partial charge in [-0.3, -0.25) is 9.78 Å². The molecule has 7 rings (SSSR count). The van der Waals surface area contributed by atoms with Crippen LogP contribution in [0.3, 0.4) is 0 Å². The zero-order valence-corrected chi connectivity index (χ0v) is 24.1. The van der Waals surface area contributed by atoms with E-state index in [4.69, 9.17) is 4.98 Å². The van der Waals surface area contributed by atoms with Gasteiger partial charge in [-0.15, -0.1) is 11.3 Å². The summed E-state index contributed by atoms with van der Waals surface area (Å²) in [5, 5.41) is 13.3. The number of halogens is 1. The molecule has 1 amide bonds. The van der Waals surface area contributed by atoms with Crippen molar-refractivity contribution in [3.63, 3.8) is 0 Å². The molecular formula is C30H30FN5O3S2. The Morgan fingerprint density at radius 3 is 2.49 bits per heavy atom. The van der Waals surface area contributed by atoms with Gasteiger partial charge in [0.2, 0.25) is 5.91 Å². The van der Waals surface area contributed by atoms with Gasteiger partial charge >= 0.3 is 0 Å². The van der Waals surface area contributed by atoms with Crippen molar-refractivity contribution in [2.24, 2.45) is 17.8 Å². The van der Waals surface area contributed by atoms with Crippen LogP contribution in [-0.4, -0.2) is 54.4 Å². The van der Waals surface area contributed by atoms with Crippen LogP contribution < -0.4 is 10.2 Å². The molecule has 2 aromatic heterocycles. The fourth-order valence-electron chi connectivity index (χ4n) is 6.42. The van der Waals surface area contributed by atoms with Crippen LogP contribution in [0.1, 0.15) is 43.7 Å². The highest BCUT2D eigenvalue weighted by molar-refractivity contribution is 7.91. The number of nitrogens with zero attached hydrogens (tertiary/aromatic N) is 4. The summed E-state index contributed by atoms with van der Waals surface area (Å²) < 4.78 is 37.9. The molecule has 212 valence electrons. The molecule has 1 aromatic carbocycles. The molecule has 0 radical (unpaired) electrons. The van der Waals surface area contributed by atoms with E-state index < -0.39 is 21.2 Å². The number of carbonyl (C=O) groups is 1. The number of amides is 1. The monoisotopic (exact) mass is 591 g/mol. The molecule has 1 aliphatic heterocycles. The summed E-state index contributed by atoms with van der Waals surface area (Å²) in [7, 11) is -2.97. The first-order valence-corrected chi connectivity index (χ1v) is 16.8. The van der Waals surface area contributed by atoms with E-state index >= 15 is 0 Å². The Kier molecular flexibility index (Phi) is 6.39. The fraction of sp³-hybridized carbons (Fsp3) is 0.467. The molecular weight excluding hydrogens is 561 g/mol. The first kappa shape index (κ1) is 26.5. The summed E-state index contributed by atoms with van der Waals surface area (Å²) >= 11 is 1.47. The summed E-state index contributed by atoms with van der Waals surface area (Å²) in [5.74, 6) is 0.527. The number of hydrogen-bond donors (Lipinski definition) is 1. The van der Waals surface area contributed by atoms with E-state index in [1.165, 1.54) is 23.6 Å². The number of anilines is 1. The third-order valence-corrected chi connectivity index (χ3v) is 11.9. The lowest BCUT2D eigenvalue weighted by Crippen LogP contribution is -2.43. The Hall–Kier alpha value is -3.36. The van der Waals surface area contributed by atoms with Crippen LogP contribution >= 0.6 is 11.3 Å². The highest BCUT2D eigenvalue weighted by atomic mass is 32.2. The Balaban J connectivity index is 1.25. The highest BCUT2D eigenvalue weighted by Gasteiger charge is 2.52. The van der Waals surface area contributed by atoms with E-state index in [2.05, 4.69) is 21.3 Å². The smallest absolute Gasteiger partial charge is 0.225 e. The van der Waals surface area contributed by atoms with Crippen LogP contribution in [0, 0.1) is 34.9 Å². The topological polar surface area (TPSA) is 116 Å². The standard InChI is InChI=1S/C30H30FN5O3S2/c31-22-12-21(15-33-16-22)29-34-26(24-13-19-11-20(19)14-25(24)28(37)35-30(17-32)5-6-30)27(40-29)18-1-3-23(4-2-18)36-7-9-41(38,39)10-8-36/h1-4,12,15-16,19-20,24-25H,5-11,13-14H2,(H,35,37)/t19?,20?,24-,25-/m1/s1. The van der Waals surface area contributed by atoms with E-state index in [1.807, 2.05) is 24.3 Å². The van der Waals surface area contributed by atoms with Crippen LogP contribution in [0.4, 0.5) is 10.1 Å². The minimum atomic E-state index is -2.97. The predicted molar refractivity (Wildman–Crippen MR) is 154 cm³/mol. The number of nitriles is 1. The summed E-state index contributed by atoms with van der Waals surface area (Å²) in [5.41, 5.74) is 2.63. The van der Waals surface area contributed by atoms with Crippen LogP contribution in [0.5, 0.6) is 0 Å². The third kappa shape index (κ3) is 5.24. The molecule has 4 atom stereocenters. The lowest BCUT2D eigenvalue weighted by Gasteiger charge is -2.31. The number of benzene rings is 1. The van der Waals surface area contributed by atoms with E-state index in [1.54, 1.807) is 6.20 Å². The van der Waals surface area contributed by atoms with Crippen molar-refractivity contribution in [2.45, 2.75) is 43.6 Å². The number of sulfone groups is 1. The molecule has 4 fully saturated rings. The van der Waals surface area contributed by atoms with Crippen molar-refractivity contribution in [3.8, 4) is 27.1 Å². The number of rotatable bonds is 6. The van der Waals surface area contributed by atoms with Gasteiger partial charge in [0.15, 0.2) is 9.84 Å². The van der Waals surface area contributed by atoms with Gasteiger partial charge in [-0.2, -0.15) is 5.26 Å². The molecule has 11 heteroatoms. The van der Waals surface area contributed by atoms with Gasteiger partial charge in [0.1, 0.15) is 16.4 Å². The molecule has 3 aliphatic carbocycles. The maximum absolute atomic E-state index is 14.1. The van der Waals surface area contributed by atoms with Crippen molar-refractivity contribution in [1.29, 1.82) is 5.26 Å². The van der Waals surface area contributed by atoms with Crippen molar-refractivity contribution in [1.82, 2.24) is 15.3 Å². The van der Waals surface area contributed by atoms with E-state index in [0.717, 1.165) is 41.1 Å². The van der Waals surface area contributed by atoms with Gasteiger partial charge in [0.25, 0.3) is 0 Å². The van der Waals surface area contributed by atoms with Crippen molar-refractivity contribution in [3.05, 3.63) is 54.2 Å². The molecule has 41 heavy (non-hydrogen) atoms. The largest absolute Gasteiger partial charge is 0.369 e. The summed E-state index contributed by atoms with van der Waals surface area (Å²) in [6.45, 7) is 0.936. The number of thiazole rings is 1. The van der Waals surface area contributed by atoms with E-state index in [9.17, 15) is 22.9 Å². The Morgan fingerprint density at radius 1 is 1.07 bits per heavy atom. The van der Waals surface area contributed by atoms with Gasteiger partial charge in [-0.05, 0) is 67.7 Å². The third-order valence-electron chi connectivity index (χ3n) is 9.13.